The van der Waals surface area contributed by atoms with Gasteiger partial charge in [-0.2, -0.15) is 0 Å². The van der Waals surface area contributed by atoms with Gasteiger partial charge in [-0.1, -0.05) is 0 Å². The number of nitrogens with one attached hydrogen (secondary N) is 1. The van der Waals surface area contributed by atoms with Crippen LogP contribution in [0.5, 0.6) is 0 Å². The molecule has 1 fully saturated rings. The maximum absolute atomic E-state index is 10.6. The van der Waals surface area contributed by atoms with Crippen LogP contribution in [0.2, 0.25) is 0 Å². The van der Waals surface area contributed by atoms with E-state index < -0.39 is 5.97 Å². The molecule has 1 heterocycles. The number of hydrogen-bond donors (Lipinski definition) is 3. The van der Waals surface area contributed by atoms with Crippen molar-refractivity contribution in [3.05, 3.63) is 18.0 Å². The summed E-state index contributed by atoms with van der Waals surface area (Å²) < 4.78 is 0. The van der Waals surface area contributed by atoms with E-state index in [1.54, 1.807) is 0 Å². The molecule has 2 rings (SSSR count). The highest BCUT2D eigenvalue weighted by Crippen LogP contribution is 2.22. The lowest BCUT2D eigenvalue weighted by molar-refractivity contribution is 0.0689. The summed E-state index contributed by atoms with van der Waals surface area (Å²) in [5, 5.41) is 20.7. The van der Waals surface area contributed by atoms with Crippen LogP contribution in [-0.4, -0.2) is 38.3 Å². The molecule has 6 nitrogen and oxygen atoms in total. The van der Waals surface area contributed by atoms with E-state index in [1.165, 1.54) is 12.3 Å². The Kier molecular flexibility index (Phi) is 2.51. The van der Waals surface area contributed by atoms with E-state index in [1.807, 2.05) is 0 Å². The van der Waals surface area contributed by atoms with Crippen LogP contribution < -0.4 is 5.32 Å². The number of carbonyl (C=O) groups is 1. The number of rotatable bonds is 3. The van der Waals surface area contributed by atoms with Crippen molar-refractivity contribution < 1.29 is 15.0 Å². The molecule has 6 heteroatoms. The average molecular weight is 209 g/mol. The fourth-order valence-corrected chi connectivity index (χ4v) is 1.44. The smallest absolute Gasteiger partial charge is 0.354 e. The van der Waals surface area contributed by atoms with Crippen LogP contribution in [0.1, 0.15) is 23.3 Å². The SMILES string of the molecule is O=C(O)c1ccnc(NC2CC(O)C2)n1. The third-order valence-electron chi connectivity index (χ3n) is 2.32. The van der Waals surface area contributed by atoms with Gasteiger partial charge in [-0.05, 0) is 18.9 Å². The predicted octanol–water partition coefficient (Wildman–Crippen LogP) is 0.110. The largest absolute Gasteiger partial charge is 0.477 e. The van der Waals surface area contributed by atoms with Crippen LogP contribution in [0.15, 0.2) is 12.3 Å². The Balaban J connectivity index is 2.02. The first-order valence-corrected chi connectivity index (χ1v) is 4.66. The van der Waals surface area contributed by atoms with Crippen LogP contribution in [0, 0.1) is 0 Å². The Morgan fingerprint density at radius 3 is 2.87 bits per heavy atom. The summed E-state index contributed by atoms with van der Waals surface area (Å²) in [7, 11) is 0. The minimum absolute atomic E-state index is 0.0348. The summed E-state index contributed by atoms with van der Waals surface area (Å²) >= 11 is 0. The monoisotopic (exact) mass is 209 g/mol. The van der Waals surface area contributed by atoms with E-state index in [2.05, 4.69) is 15.3 Å². The first-order valence-electron chi connectivity index (χ1n) is 4.66. The minimum atomic E-state index is -1.07. The number of nitrogens with zero attached hydrogens (tertiary/aromatic N) is 2. The summed E-state index contributed by atoms with van der Waals surface area (Å²) in [4.78, 5) is 18.3. The van der Waals surface area contributed by atoms with Crippen molar-refractivity contribution in [3.8, 4) is 0 Å². The lowest BCUT2D eigenvalue weighted by atomic mass is 9.90. The second kappa shape index (κ2) is 3.82. The van der Waals surface area contributed by atoms with Crippen molar-refractivity contribution in [2.24, 2.45) is 0 Å². The zero-order chi connectivity index (χ0) is 10.8. The molecule has 80 valence electrons. The molecule has 0 saturated heterocycles. The Hall–Kier alpha value is -1.69. The van der Waals surface area contributed by atoms with Gasteiger partial charge >= 0.3 is 5.97 Å². The van der Waals surface area contributed by atoms with Crippen molar-refractivity contribution in [3.63, 3.8) is 0 Å². The third-order valence-corrected chi connectivity index (χ3v) is 2.32. The van der Waals surface area contributed by atoms with Gasteiger partial charge in [0.2, 0.25) is 5.95 Å². The topological polar surface area (TPSA) is 95.3 Å². The number of hydrogen-bond acceptors (Lipinski definition) is 5. The van der Waals surface area contributed by atoms with Gasteiger partial charge in [0.05, 0.1) is 6.10 Å². The molecule has 0 unspecified atom stereocenters. The third kappa shape index (κ3) is 2.21. The molecular weight excluding hydrogens is 198 g/mol. The fourth-order valence-electron chi connectivity index (χ4n) is 1.44. The van der Waals surface area contributed by atoms with Gasteiger partial charge in [0.1, 0.15) is 0 Å². The molecule has 1 aromatic heterocycles. The molecule has 1 aliphatic rings. The molecule has 0 aliphatic heterocycles. The van der Waals surface area contributed by atoms with Crippen molar-refractivity contribution in [2.45, 2.75) is 25.0 Å². The van der Waals surface area contributed by atoms with Gasteiger partial charge in [-0.25, -0.2) is 14.8 Å². The number of aliphatic hydroxyl groups is 1. The summed E-state index contributed by atoms with van der Waals surface area (Å²) in [6.07, 6.45) is 2.44. The van der Waals surface area contributed by atoms with Crippen molar-refractivity contribution in [1.29, 1.82) is 0 Å². The van der Waals surface area contributed by atoms with Crippen LogP contribution in [0.25, 0.3) is 0 Å². The summed E-state index contributed by atoms with van der Waals surface area (Å²) in [6, 6.07) is 1.48. The van der Waals surface area contributed by atoms with Crippen molar-refractivity contribution >= 4 is 11.9 Å². The molecule has 0 aromatic carbocycles. The van der Waals surface area contributed by atoms with E-state index >= 15 is 0 Å². The van der Waals surface area contributed by atoms with Gasteiger partial charge in [0, 0.05) is 12.2 Å². The first kappa shape index (κ1) is 9.85. The standard InChI is InChI=1S/C9H11N3O3/c13-6-3-5(4-6)11-9-10-2-1-7(12-9)8(14)15/h1-2,5-6,13H,3-4H2,(H,14,15)(H,10,11,12). The normalized spacial score (nSPS) is 24.3. The van der Waals surface area contributed by atoms with Crippen LogP contribution >= 0.6 is 0 Å². The van der Waals surface area contributed by atoms with Gasteiger partial charge in [-0.3, -0.25) is 0 Å². The van der Waals surface area contributed by atoms with Crippen molar-refractivity contribution in [1.82, 2.24) is 9.97 Å². The molecule has 0 spiro atoms. The summed E-state index contributed by atoms with van der Waals surface area (Å²) in [6.45, 7) is 0. The highest BCUT2D eigenvalue weighted by atomic mass is 16.4. The lowest BCUT2D eigenvalue weighted by Gasteiger charge is -2.31. The molecule has 1 aromatic rings. The van der Waals surface area contributed by atoms with Crippen LogP contribution in [0.4, 0.5) is 5.95 Å². The molecule has 0 radical (unpaired) electrons. The van der Waals surface area contributed by atoms with E-state index in [0.29, 0.717) is 18.8 Å². The summed E-state index contributed by atoms with van der Waals surface area (Å²) in [5.74, 6) is -0.777. The second-order valence-corrected chi connectivity index (χ2v) is 3.54. The highest BCUT2D eigenvalue weighted by Gasteiger charge is 2.27. The molecular formula is C9H11N3O3. The predicted molar refractivity (Wildman–Crippen MR) is 51.6 cm³/mol. The van der Waals surface area contributed by atoms with Crippen LogP contribution in [0.3, 0.4) is 0 Å². The highest BCUT2D eigenvalue weighted by molar-refractivity contribution is 5.85. The maximum atomic E-state index is 10.6. The molecule has 1 saturated carbocycles. The molecule has 1 aliphatic carbocycles. The Labute approximate surface area is 86.0 Å². The first-order chi connectivity index (χ1) is 7.15. The number of carboxylic acids is 1. The number of aliphatic hydroxyl groups excluding tert-OH is 1. The molecule has 0 bridgehead atoms. The molecule has 15 heavy (non-hydrogen) atoms. The minimum Gasteiger partial charge on any atom is -0.477 e. The van der Waals surface area contributed by atoms with E-state index in [9.17, 15) is 4.79 Å². The van der Waals surface area contributed by atoms with Gasteiger partial charge in [-0.15, -0.1) is 0 Å². The molecule has 0 amide bonds. The Morgan fingerprint density at radius 2 is 2.27 bits per heavy atom. The van der Waals surface area contributed by atoms with Gasteiger partial charge < -0.3 is 15.5 Å². The Morgan fingerprint density at radius 1 is 1.53 bits per heavy atom. The molecule has 3 N–H and O–H groups in total. The summed E-state index contributed by atoms with van der Waals surface area (Å²) in [5.41, 5.74) is -0.0348. The zero-order valence-electron chi connectivity index (χ0n) is 7.92. The maximum Gasteiger partial charge on any atom is 0.354 e. The van der Waals surface area contributed by atoms with E-state index in [4.69, 9.17) is 10.2 Å². The van der Waals surface area contributed by atoms with E-state index in [-0.39, 0.29) is 17.8 Å². The number of aromatic carboxylic acids is 1. The number of anilines is 1. The van der Waals surface area contributed by atoms with Gasteiger partial charge in [0.15, 0.2) is 5.69 Å². The van der Waals surface area contributed by atoms with Crippen LogP contribution in [-0.2, 0) is 0 Å². The zero-order valence-corrected chi connectivity index (χ0v) is 7.92. The number of aromatic nitrogens is 2. The second-order valence-electron chi connectivity index (χ2n) is 3.54. The Bertz CT molecular complexity index is 377. The quantitative estimate of drug-likeness (QED) is 0.654. The van der Waals surface area contributed by atoms with Crippen molar-refractivity contribution in [2.75, 3.05) is 5.32 Å². The number of carboxylic acid groups (broad SMARTS) is 1. The average Bonchev–Trinajstić information content (AvgIpc) is 2.16. The van der Waals surface area contributed by atoms with E-state index in [0.717, 1.165) is 0 Å². The fraction of sp³-hybridized carbons (Fsp3) is 0.444. The lowest BCUT2D eigenvalue weighted by Crippen LogP contribution is -2.39. The van der Waals surface area contributed by atoms with Gasteiger partial charge in [0.25, 0.3) is 0 Å². The molecule has 0 atom stereocenters.